The van der Waals surface area contributed by atoms with E-state index in [9.17, 15) is 9.59 Å². The highest BCUT2D eigenvalue weighted by molar-refractivity contribution is 5.79. The van der Waals surface area contributed by atoms with Gasteiger partial charge in [-0.3, -0.25) is 13.9 Å². The van der Waals surface area contributed by atoms with Crippen LogP contribution in [0.15, 0.2) is 39.9 Å². The molecule has 0 spiro atoms. The van der Waals surface area contributed by atoms with Crippen LogP contribution in [0.3, 0.4) is 0 Å². The Hall–Kier alpha value is -3.49. The number of methoxy groups -OCH3 is 2. The first-order chi connectivity index (χ1) is 13.9. The van der Waals surface area contributed by atoms with Crippen molar-refractivity contribution in [3.05, 3.63) is 51.2 Å². The molecule has 3 heterocycles. The van der Waals surface area contributed by atoms with Crippen molar-refractivity contribution in [3.63, 3.8) is 0 Å². The monoisotopic (exact) mass is 397 g/mol. The van der Waals surface area contributed by atoms with E-state index in [4.69, 9.17) is 9.47 Å². The van der Waals surface area contributed by atoms with Gasteiger partial charge in [-0.25, -0.2) is 4.79 Å². The fraction of sp³-hybridized carbons (Fsp3) is 0.350. The lowest BCUT2D eigenvalue weighted by atomic mass is 10.2. The standard InChI is InChI=1S/C20H23N5O4/c1-12(2)11-25-18(26)16-17(22(3)20(25)27)21-19-23(8-9-24(16)19)14-7-6-13(28-4)10-15(14)29-5/h6-7,10H,1,8-9,11H2,2-5H3. The number of aromatic nitrogens is 4. The SMILES string of the molecule is C=C(C)Cn1c(=O)c2c(nc3n2CCN3c2ccc(OC)cc2OC)n(C)c1=O. The third-order valence-corrected chi connectivity index (χ3v) is 5.11. The van der Waals surface area contributed by atoms with Crippen LogP contribution >= 0.6 is 0 Å². The summed E-state index contributed by atoms with van der Waals surface area (Å²) >= 11 is 0. The maximum absolute atomic E-state index is 13.1. The molecular weight excluding hydrogens is 374 g/mol. The lowest BCUT2D eigenvalue weighted by molar-refractivity contribution is 0.395. The molecule has 0 N–H and O–H groups in total. The molecule has 0 saturated carbocycles. The molecule has 0 amide bonds. The van der Waals surface area contributed by atoms with Crippen molar-refractivity contribution in [1.29, 1.82) is 0 Å². The Morgan fingerprint density at radius 2 is 1.97 bits per heavy atom. The van der Waals surface area contributed by atoms with Crippen LogP contribution < -0.4 is 25.6 Å². The third-order valence-electron chi connectivity index (χ3n) is 5.11. The molecule has 0 bridgehead atoms. The molecule has 0 atom stereocenters. The number of hydrogen-bond donors (Lipinski definition) is 0. The van der Waals surface area contributed by atoms with Crippen LogP contribution in [0.2, 0.25) is 0 Å². The Labute approximate surface area is 167 Å². The number of nitrogens with zero attached hydrogens (tertiary/aromatic N) is 5. The summed E-state index contributed by atoms with van der Waals surface area (Å²) in [6, 6.07) is 5.54. The molecule has 9 nitrogen and oxygen atoms in total. The van der Waals surface area contributed by atoms with Crippen molar-refractivity contribution in [2.75, 3.05) is 25.7 Å². The number of benzene rings is 1. The van der Waals surface area contributed by atoms with Crippen LogP contribution in [-0.4, -0.2) is 39.4 Å². The molecule has 2 aromatic heterocycles. The Kier molecular flexibility index (Phi) is 4.45. The molecular formula is C20H23N5O4. The minimum atomic E-state index is -0.407. The van der Waals surface area contributed by atoms with E-state index in [1.54, 1.807) is 34.3 Å². The number of allylic oxidation sites excluding steroid dienone is 1. The van der Waals surface area contributed by atoms with E-state index in [1.165, 1.54) is 9.13 Å². The van der Waals surface area contributed by atoms with Crippen LogP contribution in [-0.2, 0) is 20.1 Å². The predicted molar refractivity (Wildman–Crippen MR) is 111 cm³/mol. The number of hydrogen-bond acceptors (Lipinski definition) is 6. The first-order valence-corrected chi connectivity index (χ1v) is 9.21. The van der Waals surface area contributed by atoms with Crippen LogP contribution in [0.4, 0.5) is 11.6 Å². The Morgan fingerprint density at radius 3 is 2.62 bits per heavy atom. The van der Waals surface area contributed by atoms with Gasteiger partial charge in [0.05, 0.1) is 26.5 Å². The van der Waals surface area contributed by atoms with E-state index in [0.29, 0.717) is 41.7 Å². The van der Waals surface area contributed by atoms with Crippen LogP contribution in [0.5, 0.6) is 11.5 Å². The maximum atomic E-state index is 13.1. The Bertz CT molecular complexity index is 1250. The molecule has 0 saturated heterocycles. The Morgan fingerprint density at radius 1 is 1.21 bits per heavy atom. The number of fused-ring (bicyclic) bond motifs is 3. The summed E-state index contributed by atoms with van der Waals surface area (Å²) < 4.78 is 15.3. The molecule has 0 unspecified atom stereocenters. The van der Waals surface area contributed by atoms with Crippen LogP contribution in [0.25, 0.3) is 11.2 Å². The first-order valence-electron chi connectivity index (χ1n) is 9.21. The molecule has 4 rings (SSSR count). The minimum absolute atomic E-state index is 0.179. The van der Waals surface area contributed by atoms with E-state index in [2.05, 4.69) is 11.6 Å². The zero-order chi connectivity index (χ0) is 20.9. The summed E-state index contributed by atoms with van der Waals surface area (Å²) in [6.07, 6.45) is 0. The van der Waals surface area contributed by atoms with Crippen molar-refractivity contribution in [1.82, 2.24) is 18.7 Å². The van der Waals surface area contributed by atoms with Gasteiger partial charge in [-0.05, 0) is 19.1 Å². The second kappa shape index (κ2) is 6.84. The molecule has 152 valence electrons. The van der Waals surface area contributed by atoms with Crippen molar-refractivity contribution < 1.29 is 9.47 Å². The van der Waals surface area contributed by atoms with Gasteiger partial charge in [0.25, 0.3) is 5.56 Å². The van der Waals surface area contributed by atoms with Gasteiger partial charge in [-0.1, -0.05) is 12.2 Å². The van der Waals surface area contributed by atoms with Gasteiger partial charge in [0.15, 0.2) is 11.2 Å². The third kappa shape index (κ3) is 2.81. The predicted octanol–water partition coefficient (Wildman–Crippen LogP) is 1.64. The quantitative estimate of drug-likeness (QED) is 0.609. The van der Waals surface area contributed by atoms with E-state index < -0.39 is 5.69 Å². The van der Waals surface area contributed by atoms with Gasteiger partial charge in [0.2, 0.25) is 5.95 Å². The van der Waals surface area contributed by atoms with E-state index in [-0.39, 0.29) is 12.1 Å². The summed E-state index contributed by atoms with van der Waals surface area (Å²) in [5.41, 5.74) is 1.57. The molecule has 1 aromatic carbocycles. The molecule has 0 fully saturated rings. The second-order valence-corrected chi connectivity index (χ2v) is 7.12. The number of imidazole rings is 1. The zero-order valence-electron chi connectivity index (χ0n) is 16.9. The van der Waals surface area contributed by atoms with E-state index in [0.717, 1.165) is 11.3 Å². The topological polar surface area (TPSA) is 83.5 Å². The fourth-order valence-electron chi connectivity index (χ4n) is 3.72. The minimum Gasteiger partial charge on any atom is -0.497 e. The summed E-state index contributed by atoms with van der Waals surface area (Å²) in [5.74, 6) is 1.92. The molecule has 0 aliphatic carbocycles. The van der Waals surface area contributed by atoms with Crippen molar-refractivity contribution in [2.24, 2.45) is 7.05 Å². The van der Waals surface area contributed by atoms with Crippen molar-refractivity contribution >= 4 is 22.8 Å². The van der Waals surface area contributed by atoms with Crippen molar-refractivity contribution in [2.45, 2.75) is 20.0 Å². The summed E-state index contributed by atoms with van der Waals surface area (Å²) in [6.45, 7) is 6.99. The van der Waals surface area contributed by atoms with Gasteiger partial charge in [-0.15, -0.1) is 0 Å². The number of anilines is 2. The number of rotatable bonds is 5. The van der Waals surface area contributed by atoms with E-state index in [1.807, 2.05) is 21.6 Å². The zero-order valence-corrected chi connectivity index (χ0v) is 16.9. The van der Waals surface area contributed by atoms with Gasteiger partial charge in [-0.2, -0.15) is 4.98 Å². The normalized spacial score (nSPS) is 13.0. The van der Waals surface area contributed by atoms with Crippen LogP contribution in [0, 0.1) is 0 Å². The number of aryl methyl sites for hydroxylation is 1. The highest BCUT2D eigenvalue weighted by Gasteiger charge is 2.30. The Balaban J connectivity index is 1.93. The summed E-state index contributed by atoms with van der Waals surface area (Å²) in [5, 5.41) is 0. The van der Waals surface area contributed by atoms with E-state index >= 15 is 0 Å². The van der Waals surface area contributed by atoms with Gasteiger partial charge in [0.1, 0.15) is 11.5 Å². The lowest BCUT2D eigenvalue weighted by Crippen LogP contribution is -2.39. The molecule has 0 radical (unpaired) electrons. The van der Waals surface area contributed by atoms with Gasteiger partial charge >= 0.3 is 5.69 Å². The van der Waals surface area contributed by atoms with Gasteiger partial charge < -0.3 is 18.9 Å². The van der Waals surface area contributed by atoms with Crippen LogP contribution in [0.1, 0.15) is 6.92 Å². The average molecular weight is 397 g/mol. The first kappa shape index (κ1) is 18.9. The molecule has 1 aliphatic heterocycles. The largest absolute Gasteiger partial charge is 0.497 e. The maximum Gasteiger partial charge on any atom is 0.332 e. The molecule has 3 aromatic rings. The molecule has 1 aliphatic rings. The smallest absolute Gasteiger partial charge is 0.332 e. The summed E-state index contributed by atoms with van der Waals surface area (Å²) in [7, 11) is 4.82. The second-order valence-electron chi connectivity index (χ2n) is 7.12. The number of ether oxygens (including phenoxy) is 2. The summed E-state index contributed by atoms with van der Waals surface area (Å²) in [4.78, 5) is 32.4. The average Bonchev–Trinajstić information content (AvgIpc) is 3.28. The molecule has 9 heteroatoms. The van der Waals surface area contributed by atoms with Gasteiger partial charge in [0, 0.05) is 26.2 Å². The molecule has 29 heavy (non-hydrogen) atoms. The fourth-order valence-corrected chi connectivity index (χ4v) is 3.72. The lowest BCUT2D eigenvalue weighted by Gasteiger charge is -2.19. The highest BCUT2D eigenvalue weighted by Crippen LogP contribution is 2.39. The highest BCUT2D eigenvalue weighted by atomic mass is 16.5. The van der Waals surface area contributed by atoms with Crippen molar-refractivity contribution in [3.8, 4) is 11.5 Å².